The Morgan fingerprint density at radius 2 is 2.00 bits per heavy atom. The minimum absolute atomic E-state index is 0.181. The van der Waals surface area contributed by atoms with Crippen LogP contribution in [0.25, 0.3) is 0 Å². The van der Waals surface area contributed by atoms with Crippen molar-refractivity contribution in [3.63, 3.8) is 0 Å². The Kier molecular flexibility index (Phi) is 3.46. The van der Waals surface area contributed by atoms with E-state index in [0.29, 0.717) is 11.6 Å². The highest BCUT2D eigenvalue weighted by atomic mass is 35.5. The van der Waals surface area contributed by atoms with Crippen LogP contribution in [0.2, 0.25) is 5.02 Å². The number of aryl methyl sites for hydroxylation is 1. The highest BCUT2D eigenvalue weighted by Crippen LogP contribution is 2.23. The number of hydrogen-bond acceptors (Lipinski definition) is 2. The van der Waals surface area contributed by atoms with Crippen LogP contribution in [0.5, 0.6) is 0 Å². The standard InChI is InChI=1S/C11H19ClN2O/c1-7(2)11(5,15)6-14-9(4)10(12)8(3)13-14/h7,15H,6H2,1-5H3. The van der Waals surface area contributed by atoms with Gasteiger partial charge in [0.25, 0.3) is 0 Å². The van der Waals surface area contributed by atoms with Gasteiger partial charge in [-0.2, -0.15) is 5.10 Å². The first-order valence-corrected chi connectivity index (χ1v) is 5.55. The predicted octanol–water partition coefficient (Wildman–Crippen LogP) is 2.56. The molecule has 1 atom stereocenters. The van der Waals surface area contributed by atoms with Gasteiger partial charge in [-0.1, -0.05) is 25.4 Å². The molecule has 0 spiro atoms. The molecule has 0 bridgehead atoms. The van der Waals surface area contributed by atoms with Crippen molar-refractivity contribution in [1.82, 2.24) is 9.78 Å². The molecule has 0 amide bonds. The van der Waals surface area contributed by atoms with Crippen LogP contribution in [0.1, 0.15) is 32.2 Å². The van der Waals surface area contributed by atoms with E-state index in [-0.39, 0.29) is 5.92 Å². The molecule has 0 aromatic carbocycles. The normalized spacial score (nSPS) is 15.7. The zero-order chi connectivity index (χ0) is 11.8. The van der Waals surface area contributed by atoms with E-state index in [2.05, 4.69) is 5.10 Å². The second kappa shape index (κ2) is 4.14. The van der Waals surface area contributed by atoms with Crippen LogP contribution in [-0.4, -0.2) is 20.5 Å². The molecule has 1 N–H and O–H groups in total. The third-order valence-corrected chi connectivity index (χ3v) is 3.55. The van der Waals surface area contributed by atoms with Crippen LogP contribution in [0.15, 0.2) is 0 Å². The second-order valence-electron chi connectivity index (χ2n) is 4.65. The summed E-state index contributed by atoms with van der Waals surface area (Å²) in [6.45, 7) is 10.1. The molecular weight excluding hydrogens is 212 g/mol. The third kappa shape index (κ3) is 2.52. The molecule has 4 heteroatoms. The van der Waals surface area contributed by atoms with Crippen molar-refractivity contribution in [2.45, 2.75) is 46.8 Å². The van der Waals surface area contributed by atoms with E-state index < -0.39 is 5.60 Å². The molecule has 0 aliphatic carbocycles. The van der Waals surface area contributed by atoms with E-state index in [1.807, 2.05) is 34.6 Å². The Morgan fingerprint density at radius 1 is 1.47 bits per heavy atom. The van der Waals surface area contributed by atoms with Crippen LogP contribution < -0.4 is 0 Å². The van der Waals surface area contributed by atoms with Crippen molar-refractivity contribution in [2.75, 3.05) is 0 Å². The lowest BCUT2D eigenvalue weighted by Crippen LogP contribution is -2.36. The Labute approximate surface area is 96.1 Å². The monoisotopic (exact) mass is 230 g/mol. The fraction of sp³-hybridized carbons (Fsp3) is 0.727. The molecule has 0 fully saturated rings. The van der Waals surface area contributed by atoms with E-state index in [9.17, 15) is 5.11 Å². The summed E-state index contributed by atoms with van der Waals surface area (Å²) < 4.78 is 1.78. The summed E-state index contributed by atoms with van der Waals surface area (Å²) in [7, 11) is 0. The first kappa shape index (κ1) is 12.5. The fourth-order valence-corrected chi connectivity index (χ4v) is 1.45. The van der Waals surface area contributed by atoms with Crippen molar-refractivity contribution >= 4 is 11.6 Å². The minimum atomic E-state index is -0.757. The maximum atomic E-state index is 10.2. The third-order valence-electron chi connectivity index (χ3n) is 3.01. The molecule has 0 saturated carbocycles. The molecule has 1 aromatic rings. The molecule has 0 aliphatic heterocycles. The Bertz CT molecular complexity index is 356. The van der Waals surface area contributed by atoms with Crippen LogP contribution >= 0.6 is 11.6 Å². The lowest BCUT2D eigenvalue weighted by molar-refractivity contribution is -0.00622. The van der Waals surface area contributed by atoms with Gasteiger partial charge in [-0.25, -0.2) is 0 Å². The number of aliphatic hydroxyl groups is 1. The zero-order valence-electron chi connectivity index (χ0n) is 10.0. The molecule has 3 nitrogen and oxygen atoms in total. The number of aromatic nitrogens is 2. The van der Waals surface area contributed by atoms with Gasteiger partial charge in [0, 0.05) is 0 Å². The SMILES string of the molecule is Cc1nn(CC(C)(O)C(C)C)c(C)c1Cl. The molecule has 86 valence electrons. The maximum absolute atomic E-state index is 10.2. The van der Waals surface area contributed by atoms with Crippen molar-refractivity contribution in [3.05, 3.63) is 16.4 Å². The average Bonchev–Trinajstić information content (AvgIpc) is 2.33. The van der Waals surface area contributed by atoms with Gasteiger partial charge in [-0.15, -0.1) is 0 Å². The van der Waals surface area contributed by atoms with Gasteiger partial charge in [0.1, 0.15) is 0 Å². The molecule has 1 rings (SSSR count). The second-order valence-corrected chi connectivity index (χ2v) is 5.03. The Morgan fingerprint density at radius 3 is 2.33 bits per heavy atom. The highest BCUT2D eigenvalue weighted by Gasteiger charge is 2.27. The van der Waals surface area contributed by atoms with E-state index in [1.54, 1.807) is 4.68 Å². The first-order valence-electron chi connectivity index (χ1n) is 5.17. The summed E-state index contributed by atoms with van der Waals surface area (Å²) >= 11 is 6.04. The van der Waals surface area contributed by atoms with Crippen LogP contribution in [-0.2, 0) is 6.54 Å². The predicted molar refractivity (Wildman–Crippen MR) is 62.2 cm³/mol. The fourth-order valence-electron chi connectivity index (χ4n) is 1.31. The molecule has 15 heavy (non-hydrogen) atoms. The van der Waals surface area contributed by atoms with Crippen molar-refractivity contribution < 1.29 is 5.11 Å². The van der Waals surface area contributed by atoms with Crippen LogP contribution in [0.3, 0.4) is 0 Å². The van der Waals surface area contributed by atoms with E-state index in [0.717, 1.165) is 11.4 Å². The topological polar surface area (TPSA) is 38.0 Å². The van der Waals surface area contributed by atoms with Gasteiger partial charge < -0.3 is 5.11 Å². The van der Waals surface area contributed by atoms with Gasteiger partial charge in [0.15, 0.2) is 0 Å². The number of nitrogens with zero attached hydrogens (tertiary/aromatic N) is 2. The van der Waals surface area contributed by atoms with Gasteiger partial charge in [-0.05, 0) is 26.7 Å². The zero-order valence-corrected chi connectivity index (χ0v) is 10.8. The molecule has 1 unspecified atom stereocenters. The van der Waals surface area contributed by atoms with Crippen molar-refractivity contribution in [1.29, 1.82) is 0 Å². The summed E-state index contributed by atoms with van der Waals surface area (Å²) in [4.78, 5) is 0. The van der Waals surface area contributed by atoms with Crippen LogP contribution in [0, 0.1) is 19.8 Å². The van der Waals surface area contributed by atoms with Crippen molar-refractivity contribution in [3.8, 4) is 0 Å². The first-order chi connectivity index (χ1) is 6.75. The maximum Gasteiger partial charge on any atom is 0.0844 e. The quantitative estimate of drug-likeness (QED) is 0.867. The lowest BCUT2D eigenvalue weighted by Gasteiger charge is -2.28. The van der Waals surface area contributed by atoms with Crippen molar-refractivity contribution in [2.24, 2.45) is 5.92 Å². The summed E-state index contributed by atoms with van der Waals surface area (Å²) in [6.07, 6.45) is 0. The van der Waals surface area contributed by atoms with Gasteiger partial charge >= 0.3 is 0 Å². The lowest BCUT2D eigenvalue weighted by atomic mass is 9.92. The van der Waals surface area contributed by atoms with E-state index in [4.69, 9.17) is 11.6 Å². The minimum Gasteiger partial charge on any atom is -0.388 e. The van der Waals surface area contributed by atoms with E-state index >= 15 is 0 Å². The van der Waals surface area contributed by atoms with E-state index in [1.165, 1.54) is 0 Å². The average molecular weight is 231 g/mol. The van der Waals surface area contributed by atoms with Gasteiger partial charge in [0.2, 0.25) is 0 Å². The summed E-state index contributed by atoms with van der Waals surface area (Å²) in [5.74, 6) is 0.181. The number of halogens is 1. The summed E-state index contributed by atoms with van der Waals surface area (Å²) in [5, 5.41) is 15.2. The Balaban J connectivity index is 2.95. The molecule has 0 saturated heterocycles. The highest BCUT2D eigenvalue weighted by molar-refractivity contribution is 6.31. The largest absolute Gasteiger partial charge is 0.388 e. The molecular formula is C11H19ClN2O. The summed E-state index contributed by atoms with van der Waals surface area (Å²) in [6, 6.07) is 0. The van der Waals surface area contributed by atoms with Gasteiger partial charge in [-0.3, -0.25) is 4.68 Å². The smallest absolute Gasteiger partial charge is 0.0844 e. The van der Waals surface area contributed by atoms with Gasteiger partial charge in [0.05, 0.1) is 28.6 Å². The molecule has 1 heterocycles. The number of hydrogen-bond donors (Lipinski definition) is 1. The van der Waals surface area contributed by atoms with Crippen LogP contribution in [0.4, 0.5) is 0 Å². The molecule has 1 aromatic heterocycles. The molecule has 0 aliphatic rings. The summed E-state index contributed by atoms with van der Waals surface area (Å²) in [5.41, 5.74) is 0.968. The Hall–Kier alpha value is -0.540. The molecule has 0 radical (unpaired) electrons. The number of rotatable bonds is 3.